The van der Waals surface area contributed by atoms with Gasteiger partial charge in [0.05, 0.1) is 4.90 Å². The molecule has 1 fully saturated rings. The summed E-state index contributed by atoms with van der Waals surface area (Å²) >= 11 is 1.71. The fourth-order valence-electron chi connectivity index (χ4n) is 2.48. The molecule has 3 rings (SSSR count). The zero-order valence-electron chi connectivity index (χ0n) is 12.8. The monoisotopic (exact) mass is 348 g/mol. The number of sulfonamides is 1. The molecule has 0 unspecified atom stereocenters. The Kier molecular flexibility index (Phi) is 5.38. The quantitative estimate of drug-likeness (QED) is 0.844. The second kappa shape index (κ2) is 7.49. The molecule has 1 N–H and O–H groups in total. The first-order valence-corrected chi connectivity index (χ1v) is 10.1. The summed E-state index contributed by atoms with van der Waals surface area (Å²) in [6.07, 6.45) is 0. The number of piperazine rings is 1. The highest BCUT2D eigenvalue weighted by Crippen LogP contribution is 2.25. The van der Waals surface area contributed by atoms with E-state index in [4.69, 9.17) is 0 Å². The summed E-state index contributed by atoms with van der Waals surface area (Å²) in [6, 6.07) is 17.5. The average molecular weight is 348 g/mol. The van der Waals surface area contributed by atoms with Crippen LogP contribution in [0.3, 0.4) is 0 Å². The number of rotatable bonds is 5. The van der Waals surface area contributed by atoms with E-state index in [1.54, 1.807) is 28.2 Å². The van der Waals surface area contributed by atoms with E-state index in [-0.39, 0.29) is 0 Å². The van der Waals surface area contributed by atoms with Crippen molar-refractivity contribution in [3.63, 3.8) is 0 Å². The van der Waals surface area contributed by atoms with Crippen LogP contribution < -0.4 is 5.32 Å². The second-order valence-electron chi connectivity index (χ2n) is 5.40. The van der Waals surface area contributed by atoms with Crippen molar-refractivity contribution in [3.05, 3.63) is 60.2 Å². The SMILES string of the molecule is O=S(=O)(c1ccc(SCc2ccccc2)cc1)N1CCNCC1. The molecule has 0 bridgehead atoms. The van der Waals surface area contributed by atoms with Crippen LogP contribution in [-0.2, 0) is 15.8 Å². The molecule has 1 heterocycles. The van der Waals surface area contributed by atoms with E-state index < -0.39 is 10.0 Å². The summed E-state index contributed by atoms with van der Waals surface area (Å²) in [5, 5.41) is 3.17. The maximum Gasteiger partial charge on any atom is 0.243 e. The number of hydrogen-bond donors (Lipinski definition) is 1. The van der Waals surface area contributed by atoms with E-state index in [0.29, 0.717) is 31.1 Å². The summed E-state index contributed by atoms with van der Waals surface area (Å²) in [5.74, 6) is 0.880. The van der Waals surface area contributed by atoms with Crippen molar-refractivity contribution in [2.24, 2.45) is 0 Å². The highest BCUT2D eigenvalue weighted by Gasteiger charge is 2.25. The lowest BCUT2D eigenvalue weighted by Crippen LogP contribution is -2.46. The Balaban J connectivity index is 1.66. The van der Waals surface area contributed by atoms with Crippen molar-refractivity contribution in [2.75, 3.05) is 26.2 Å². The van der Waals surface area contributed by atoms with Crippen LogP contribution >= 0.6 is 11.8 Å². The van der Waals surface area contributed by atoms with Crippen LogP contribution in [0.5, 0.6) is 0 Å². The zero-order valence-corrected chi connectivity index (χ0v) is 14.4. The van der Waals surface area contributed by atoms with Crippen molar-refractivity contribution in [1.82, 2.24) is 9.62 Å². The number of nitrogens with one attached hydrogen (secondary N) is 1. The first-order valence-electron chi connectivity index (χ1n) is 7.64. The Hall–Kier alpha value is -1.34. The Bertz CT molecular complexity index is 725. The molecule has 0 aliphatic carbocycles. The first-order chi connectivity index (χ1) is 11.2. The van der Waals surface area contributed by atoms with Gasteiger partial charge in [-0.3, -0.25) is 0 Å². The third-order valence-electron chi connectivity index (χ3n) is 3.79. The number of nitrogens with zero attached hydrogens (tertiary/aromatic N) is 1. The van der Waals surface area contributed by atoms with E-state index >= 15 is 0 Å². The molecule has 0 amide bonds. The topological polar surface area (TPSA) is 49.4 Å². The Morgan fingerprint density at radius 2 is 1.61 bits per heavy atom. The summed E-state index contributed by atoms with van der Waals surface area (Å²) in [4.78, 5) is 1.46. The average Bonchev–Trinajstić information content (AvgIpc) is 2.62. The lowest BCUT2D eigenvalue weighted by molar-refractivity contribution is 0.360. The van der Waals surface area contributed by atoms with Gasteiger partial charge in [0.25, 0.3) is 0 Å². The molecule has 2 aromatic carbocycles. The van der Waals surface area contributed by atoms with E-state index in [1.807, 2.05) is 30.3 Å². The van der Waals surface area contributed by atoms with Crippen LogP contribution in [-0.4, -0.2) is 38.9 Å². The van der Waals surface area contributed by atoms with Gasteiger partial charge in [-0.15, -0.1) is 11.8 Å². The zero-order chi connectivity index (χ0) is 16.1. The largest absolute Gasteiger partial charge is 0.314 e. The smallest absolute Gasteiger partial charge is 0.243 e. The summed E-state index contributed by atoms with van der Waals surface area (Å²) in [5.41, 5.74) is 1.26. The number of benzene rings is 2. The molecule has 2 aromatic rings. The lowest BCUT2D eigenvalue weighted by atomic mass is 10.2. The summed E-state index contributed by atoms with van der Waals surface area (Å²) in [6.45, 7) is 2.49. The first kappa shape index (κ1) is 16.5. The molecule has 0 spiro atoms. The molecule has 0 saturated carbocycles. The molecule has 1 saturated heterocycles. The van der Waals surface area contributed by atoms with Gasteiger partial charge in [-0.1, -0.05) is 30.3 Å². The molecule has 122 valence electrons. The van der Waals surface area contributed by atoms with Crippen LogP contribution in [0.1, 0.15) is 5.56 Å². The summed E-state index contributed by atoms with van der Waals surface area (Å²) in [7, 11) is -3.36. The van der Waals surface area contributed by atoms with Crippen molar-refractivity contribution in [2.45, 2.75) is 15.5 Å². The fraction of sp³-hybridized carbons (Fsp3) is 0.294. The standard InChI is InChI=1S/C17H20N2O2S2/c20-23(21,19-12-10-18-11-13-19)17-8-6-16(7-9-17)22-14-15-4-2-1-3-5-15/h1-9,18H,10-14H2. The minimum atomic E-state index is -3.36. The van der Waals surface area contributed by atoms with Crippen molar-refractivity contribution < 1.29 is 8.42 Å². The van der Waals surface area contributed by atoms with Gasteiger partial charge in [-0.25, -0.2) is 8.42 Å². The second-order valence-corrected chi connectivity index (χ2v) is 8.39. The van der Waals surface area contributed by atoms with Crippen LogP contribution in [0.2, 0.25) is 0 Å². The van der Waals surface area contributed by atoms with Gasteiger partial charge in [0.15, 0.2) is 0 Å². The molecule has 1 aliphatic rings. The molecular weight excluding hydrogens is 328 g/mol. The maximum absolute atomic E-state index is 12.6. The molecule has 6 heteroatoms. The van der Waals surface area contributed by atoms with Gasteiger partial charge in [0, 0.05) is 36.8 Å². The molecular formula is C17H20N2O2S2. The highest BCUT2D eigenvalue weighted by atomic mass is 32.2. The normalized spacial score (nSPS) is 16.3. The fourth-order valence-corrected chi connectivity index (χ4v) is 4.78. The van der Waals surface area contributed by atoms with Gasteiger partial charge in [0.2, 0.25) is 10.0 Å². The Morgan fingerprint density at radius 3 is 2.26 bits per heavy atom. The van der Waals surface area contributed by atoms with Crippen LogP contribution in [0.15, 0.2) is 64.4 Å². The molecule has 0 aromatic heterocycles. The van der Waals surface area contributed by atoms with Crippen LogP contribution in [0, 0.1) is 0 Å². The Labute approximate surface area is 142 Å². The summed E-state index contributed by atoms with van der Waals surface area (Å²) < 4.78 is 26.7. The minimum absolute atomic E-state index is 0.378. The predicted octanol–water partition coefficient (Wildman–Crippen LogP) is 2.57. The molecule has 0 radical (unpaired) electrons. The van der Waals surface area contributed by atoms with Gasteiger partial charge in [-0.05, 0) is 29.8 Å². The molecule has 1 aliphatic heterocycles. The molecule has 0 atom stereocenters. The maximum atomic E-state index is 12.6. The van der Waals surface area contributed by atoms with Gasteiger partial charge in [0.1, 0.15) is 0 Å². The van der Waals surface area contributed by atoms with Crippen LogP contribution in [0.4, 0.5) is 0 Å². The molecule has 4 nitrogen and oxygen atoms in total. The minimum Gasteiger partial charge on any atom is -0.314 e. The lowest BCUT2D eigenvalue weighted by Gasteiger charge is -2.26. The van der Waals surface area contributed by atoms with E-state index in [0.717, 1.165) is 10.6 Å². The number of hydrogen-bond acceptors (Lipinski definition) is 4. The van der Waals surface area contributed by atoms with Gasteiger partial charge >= 0.3 is 0 Å². The molecule has 23 heavy (non-hydrogen) atoms. The third kappa shape index (κ3) is 4.14. The van der Waals surface area contributed by atoms with Gasteiger partial charge < -0.3 is 5.32 Å². The van der Waals surface area contributed by atoms with Crippen molar-refractivity contribution in [1.29, 1.82) is 0 Å². The third-order valence-corrected chi connectivity index (χ3v) is 6.78. The van der Waals surface area contributed by atoms with Crippen molar-refractivity contribution >= 4 is 21.8 Å². The van der Waals surface area contributed by atoms with E-state index in [1.165, 1.54) is 5.56 Å². The van der Waals surface area contributed by atoms with Crippen LogP contribution in [0.25, 0.3) is 0 Å². The van der Waals surface area contributed by atoms with Crippen molar-refractivity contribution in [3.8, 4) is 0 Å². The highest BCUT2D eigenvalue weighted by molar-refractivity contribution is 7.98. The number of thioether (sulfide) groups is 1. The van der Waals surface area contributed by atoms with E-state index in [9.17, 15) is 8.42 Å². The van der Waals surface area contributed by atoms with E-state index in [2.05, 4.69) is 17.4 Å². The predicted molar refractivity (Wildman–Crippen MR) is 94.1 cm³/mol. The Morgan fingerprint density at radius 1 is 0.957 bits per heavy atom. The van der Waals surface area contributed by atoms with Gasteiger partial charge in [-0.2, -0.15) is 4.31 Å².